The molecule has 8 heteroatoms. The molecule has 1 aromatic carbocycles. The first-order chi connectivity index (χ1) is 9.36. The van der Waals surface area contributed by atoms with Gasteiger partial charge in [0.2, 0.25) is 0 Å². The Morgan fingerprint density at radius 3 is 2.75 bits per heavy atom. The van der Waals surface area contributed by atoms with E-state index in [0.29, 0.717) is 19.8 Å². The van der Waals surface area contributed by atoms with Gasteiger partial charge in [-0.15, -0.1) is 0 Å². The van der Waals surface area contributed by atoms with Crippen LogP contribution in [0.15, 0.2) is 23.1 Å². The molecule has 0 spiro atoms. The van der Waals surface area contributed by atoms with E-state index in [1.807, 2.05) is 0 Å². The van der Waals surface area contributed by atoms with Gasteiger partial charge in [0.1, 0.15) is 0 Å². The largest absolute Gasteiger partial charge is 0.381 e. The van der Waals surface area contributed by atoms with Crippen molar-refractivity contribution in [2.24, 2.45) is 5.92 Å². The van der Waals surface area contributed by atoms with Crippen LogP contribution in [0.5, 0.6) is 0 Å². The molecule has 0 radical (unpaired) electrons. The first-order valence-electron chi connectivity index (χ1n) is 5.97. The Balaban J connectivity index is 2.11. The monoisotopic (exact) mass is 337 g/mol. The molecule has 1 unspecified atom stereocenters. The van der Waals surface area contributed by atoms with Crippen LogP contribution in [0.3, 0.4) is 0 Å². The molecule has 0 aromatic heterocycles. The van der Waals surface area contributed by atoms with E-state index in [4.69, 9.17) is 27.0 Å². The number of carbonyl (C=O) groups excluding carboxylic acids is 1. The second-order valence-corrected chi connectivity index (χ2v) is 7.56. The standard InChI is InChI=1S/C12H13Cl2NO4S/c13-10-3-9(4-11(5-10)20(14,17)18)12(16)15-6-8-1-2-19-7-8/h3-5,8H,1-2,6-7H2,(H,15,16). The van der Waals surface area contributed by atoms with Crippen molar-refractivity contribution in [3.63, 3.8) is 0 Å². The minimum Gasteiger partial charge on any atom is -0.381 e. The summed E-state index contributed by atoms with van der Waals surface area (Å²) in [5.41, 5.74) is 0.163. The molecule has 5 nitrogen and oxygen atoms in total. The van der Waals surface area contributed by atoms with Crippen molar-refractivity contribution in [1.82, 2.24) is 5.32 Å². The number of hydrogen-bond acceptors (Lipinski definition) is 4. The van der Waals surface area contributed by atoms with E-state index in [0.717, 1.165) is 6.42 Å². The number of ether oxygens (including phenoxy) is 1. The molecule has 0 bridgehead atoms. The van der Waals surface area contributed by atoms with Crippen LogP contribution in [0, 0.1) is 5.92 Å². The zero-order chi connectivity index (χ0) is 14.8. The predicted octanol–water partition coefficient (Wildman–Crippen LogP) is 2.03. The number of nitrogens with one attached hydrogen (secondary N) is 1. The molecule has 2 rings (SSSR count). The lowest BCUT2D eigenvalue weighted by Gasteiger charge is -2.10. The molecule has 1 N–H and O–H groups in total. The molecule has 0 aliphatic carbocycles. The van der Waals surface area contributed by atoms with E-state index < -0.39 is 9.05 Å². The van der Waals surface area contributed by atoms with Gasteiger partial charge in [-0.2, -0.15) is 0 Å². The maximum Gasteiger partial charge on any atom is 0.261 e. The van der Waals surface area contributed by atoms with Crippen LogP contribution < -0.4 is 5.32 Å². The molecule has 1 amide bonds. The van der Waals surface area contributed by atoms with Gasteiger partial charge in [-0.05, 0) is 24.6 Å². The fraction of sp³-hybridized carbons (Fsp3) is 0.417. The Morgan fingerprint density at radius 1 is 1.40 bits per heavy atom. The van der Waals surface area contributed by atoms with Crippen LogP contribution in [-0.2, 0) is 13.8 Å². The maximum absolute atomic E-state index is 12.0. The lowest BCUT2D eigenvalue weighted by molar-refractivity contribution is 0.0945. The molecule has 1 atom stereocenters. The molecule has 1 aliphatic heterocycles. The van der Waals surface area contributed by atoms with Crippen molar-refractivity contribution in [2.75, 3.05) is 19.8 Å². The summed E-state index contributed by atoms with van der Waals surface area (Å²) in [5, 5.41) is 2.87. The second kappa shape index (κ2) is 6.30. The zero-order valence-corrected chi connectivity index (χ0v) is 12.8. The van der Waals surface area contributed by atoms with Crippen LogP contribution in [0.2, 0.25) is 5.02 Å². The van der Waals surface area contributed by atoms with Gasteiger partial charge in [-0.1, -0.05) is 11.6 Å². The number of hydrogen-bond donors (Lipinski definition) is 1. The summed E-state index contributed by atoms with van der Waals surface area (Å²) >= 11 is 5.80. The smallest absolute Gasteiger partial charge is 0.261 e. The van der Waals surface area contributed by atoms with Gasteiger partial charge in [0.05, 0.1) is 11.5 Å². The third-order valence-electron chi connectivity index (χ3n) is 2.99. The topological polar surface area (TPSA) is 72.5 Å². The number of rotatable bonds is 4. The third kappa shape index (κ3) is 4.09. The Labute approximate surface area is 126 Å². The van der Waals surface area contributed by atoms with Gasteiger partial charge in [-0.25, -0.2) is 8.42 Å². The Bertz CT molecular complexity index is 612. The first-order valence-corrected chi connectivity index (χ1v) is 8.66. The summed E-state index contributed by atoms with van der Waals surface area (Å²) in [7, 11) is 1.33. The quantitative estimate of drug-likeness (QED) is 0.853. The Kier molecular flexibility index (Phi) is 4.90. The highest BCUT2D eigenvalue weighted by Gasteiger charge is 2.18. The second-order valence-electron chi connectivity index (χ2n) is 4.55. The SMILES string of the molecule is O=C(NCC1CCOC1)c1cc(Cl)cc(S(=O)(=O)Cl)c1. The van der Waals surface area contributed by atoms with Crippen molar-refractivity contribution in [1.29, 1.82) is 0 Å². The van der Waals surface area contributed by atoms with Gasteiger partial charge < -0.3 is 10.1 Å². The zero-order valence-electron chi connectivity index (χ0n) is 10.4. The van der Waals surface area contributed by atoms with Gasteiger partial charge in [-0.3, -0.25) is 4.79 Å². The highest BCUT2D eigenvalue weighted by Crippen LogP contribution is 2.22. The van der Waals surface area contributed by atoms with E-state index in [1.165, 1.54) is 18.2 Å². The normalized spacial score (nSPS) is 19.0. The molecule has 110 valence electrons. The number of carbonyl (C=O) groups is 1. The van der Waals surface area contributed by atoms with Crippen LogP contribution >= 0.6 is 22.3 Å². The average molecular weight is 338 g/mol. The minimum atomic E-state index is -3.92. The minimum absolute atomic E-state index is 0.140. The fourth-order valence-electron chi connectivity index (χ4n) is 1.92. The van der Waals surface area contributed by atoms with Crippen molar-refractivity contribution >= 4 is 37.2 Å². The lowest BCUT2D eigenvalue weighted by atomic mass is 10.1. The van der Waals surface area contributed by atoms with Crippen LogP contribution in [0.25, 0.3) is 0 Å². The molecule has 20 heavy (non-hydrogen) atoms. The lowest BCUT2D eigenvalue weighted by Crippen LogP contribution is -2.29. The Hall–Kier alpha value is -0.820. The van der Waals surface area contributed by atoms with Crippen molar-refractivity contribution < 1.29 is 17.9 Å². The highest BCUT2D eigenvalue weighted by molar-refractivity contribution is 8.13. The first kappa shape index (κ1) is 15.6. The summed E-state index contributed by atoms with van der Waals surface area (Å²) in [5.74, 6) is -0.102. The van der Waals surface area contributed by atoms with Crippen LogP contribution in [0.4, 0.5) is 0 Å². The molecule has 1 heterocycles. The molecule has 0 saturated carbocycles. The molecule has 1 fully saturated rings. The van der Waals surface area contributed by atoms with E-state index in [-0.39, 0.29) is 27.3 Å². The van der Waals surface area contributed by atoms with Crippen LogP contribution in [0.1, 0.15) is 16.8 Å². The number of benzene rings is 1. The van der Waals surface area contributed by atoms with Gasteiger partial charge in [0, 0.05) is 40.3 Å². The summed E-state index contributed by atoms with van der Waals surface area (Å²) in [6, 6.07) is 3.80. The van der Waals surface area contributed by atoms with Gasteiger partial charge in [0.25, 0.3) is 15.0 Å². The predicted molar refractivity (Wildman–Crippen MR) is 75.8 cm³/mol. The molecular weight excluding hydrogens is 325 g/mol. The summed E-state index contributed by atoms with van der Waals surface area (Å²) < 4.78 is 27.8. The maximum atomic E-state index is 12.0. The van der Waals surface area contributed by atoms with E-state index in [9.17, 15) is 13.2 Å². The molecule has 1 saturated heterocycles. The number of amides is 1. The molecular formula is C12H13Cl2NO4S. The Morgan fingerprint density at radius 2 is 2.15 bits per heavy atom. The summed E-state index contributed by atoms with van der Waals surface area (Å²) in [6.07, 6.45) is 0.900. The average Bonchev–Trinajstić information content (AvgIpc) is 2.87. The van der Waals surface area contributed by atoms with E-state index in [1.54, 1.807) is 0 Å². The summed E-state index contributed by atoms with van der Waals surface area (Å²) in [6.45, 7) is 1.80. The molecule has 1 aromatic rings. The van der Waals surface area contributed by atoms with Gasteiger partial charge in [0.15, 0.2) is 0 Å². The van der Waals surface area contributed by atoms with Crippen molar-refractivity contribution in [3.05, 3.63) is 28.8 Å². The number of halogens is 2. The van der Waals surface area contributed by atoms with E-state index >= 15 is 0 Å². The van der Waals surface area contributed by atoms with Crippen molar-refractivity contribution in [2.45, 2.75) is 11.3 Å². The van der Waals surface area contributed by atoms with E-state index in [2.05, 4.69) is 5.32 Å². The molecule has 1 aliphatic rings. The summed E-state index contributed by atoms with van der Waals surface area (Å²) in [4.78, 5) is 11.8. The van der Waals surface area contributed by atoms with Crippen LogP contribution in [-0.4, -0.2) is 34.1 Å². The highest BCUT2D eigenvalue weighted by atomic mass is 35.7. The third-order valence-corrected chi connectivity index (χ3v) is 4.54. The van der Waals surface area contributed by atoms with Crippen molar-refractivity contribution in [3.8, 4) is 0 Å². The fourth-order valence-corrected chi connectivity index (χ4v) is 3.02. The van der Waals surface area contributed by atoms with Gasteiger partial charge >= 0.3 is 0 Å².